The maximum Gasteiger partial charge on any atom is 0.328 e. The first-order chi connectivity index (χ1) is 13.6. The van der Waals surface area contributed by atoms with Crippen LogP contribution in [0, 0.1) is 8.99 Å². The Morgan fingerprint density at radius 1 is 1.07 bits per heavy atom. The van der Waals surface area contributed by atoms with Crippen LogP contribution in [0.25, 0.3) is 0 Å². The molecular formula is C20H16IN3O5. The number of rotatable bonds is 0. The summed E-state index contributed by atoms with van der Waals surface area (Å²) in [7, 11) is 0. The number of amides is 1. The maximum atomic E-state index is 13.5. The molecule has 1 atom stereocenters. The number of H-pyrrole nitrogens is 2. The Kier molecular flexibility index (Phi) is 3.59. The molecule has 148 valence electrons. The largest absolute Gasteiger partial charge is 0.444 e. The summed E-state index contributed by atoms with van der Waals surface area (Å²) in [5.74, 6) is -0.516. The number of hydrogen-bond acceptors (Lipinski definition) is 5. The number of ketones is 1. The summed E-state index contributed by atoms with van der Waals surface area (Å²) in [4.78, 5) is 56.3. The molecule has 8 nitrogen and oxygen atoms in total. The molecule has 1 amide bonds. The molecule has 3 aliphatic rings. The SMILES string of the molecule is CC1(C)CC(=O)C2=C(C1)Oc1[nH]c(=O)[nH]c(=O)c1C21C(=O)Nc2ccc(I)cc21. The van der Waals surface area contributed by atoms with Crippen LogP contribution in [0.3, 0.4) is 0 Å². The van der Waals surface area contributed by atoms with Crippen LogP contribution < -0.4 is 21.3 Å². The van der Waals surface area contributed by atoms with E-state index >= 15 is 0 Å². The fraction of sp³-hybridized carbons (Fsp3) is 0.300. The van der Waals surface area contributed by atoms with Crippen molar-refractivity contribution in [3.63, 3.8) is 0 Å². The van der Waals surface area contributed by atoms with Gasteiger partial charge in [0.1, 0.15) is 16.7 Å². The molecular weight excluding hydrogens is 489 g/mol. The second-order valence-corrected chi connectivity index (χ2v) is 9.59. The fourth-order valence-electron chi connectivity index (χ4n) is 4.67. The number of aromatic nitrogens is 2. The number of benzene rings is 1. The molecule has 0 radical (unpaired) electrons. The van der Waals surface area contributed by atoms with Gasteiger partial charge in [-0.25, -0.2) is 4.79 Å². The number of nitrogens with one attached hydrogen (secondary N) is 3. The fourth-order valence-corrected chi connectivity index (χ4v) is 5.16. The van der Waals surface area contributed by atoms with E-state index in [4.69, 9.17) is 4.74 Å². The molecule has 9 heteroatoms. The first-order valence-corrected chi connectivity index (χ1v) is 10.1. The van der Waals surface area contributed by atoms with Gasteiger partial charge >= 0.3 is 5.69 Å². The average molecular weight is 505 g/mol. The van der Waals surface area contributed by atoms with Crippen molar-refractivity contribution >= 4 is 40.0 Å². The number of Topliss-reactive ketones (excluding diaryl/α,β-unsaturated/α-hetero) is 1. The van der Waals surface area contributed by atoms with Gasteiger partial charge in [0.2, 0.25) is 11.8 Å². The van der Waals surface area contributed by atoms with Gasteiger partial charge in [-0.15, -0.1) is 0 Å². The van der Waals surface area contributed by atoms with Crippen LogP contribution in [0.15, 0.2) is 39.1 Å². The van der Waals surface area contributed by atoms with Crippen molar-refractivity contribution < 1.29 is 14.3 Å². The Morgan fingerprint density at radius 3 is 2.59 bits per heavy atom. The van der Waals surface area contributed by atoms with E-state index in [-0.39, 0.29) is 34.6 Å². The molecule has 1 unspecified atom stereocenters. The van der Waals surface area contributed by atoms with Crippen molar-refractivity contribution in [2.24, 2.45) is 5.41 Å². The molecule has 3 heterocycles. The third-order valence-electron chi connectivity index (χ3n) is 5.69. The molecule has 1 aliphatic carbocycles. The van der Waals surface area contributed by atoms with E-state index in [0.29, 0.717) is 23.4 Å². The summed E-state index contributed by atoms with van der Waals surface area (Å²) < 4.78 is 6.73. The molecule has 2 aliphatic heterocycles. The van der Waals surface area contributed by atoms with Gasteiger partial charge in [0.15, 0.2) is 5.78 Å². The lowest BCUT2D eigenvalue weighted by Crippen LogP contribution is -2.51. The highest BCUT2D eigenvalue weighted by Gasteiger charge is 2.61. The van der Waals surface area contributed by atoms with Crippen LogP contribution in [-0.4, -0.2) is 21.7 Å². The molecule has 3 N–H and O–H groups in total. The molecule has 1 aromatic heterocycles. The van der Waals surface area contributed by atoms with E-state index < -0.39 is 22.6 Å². The number of anilines is 1. The highest BCUT2D eigenvalue weighted by atomic mass is 127. The Bertz CT molecular complexity index is 1290. The summed E-state index contributed by atoms with van der Waals surface area (Å²) in [6.07, 6.45) is 0.622. The standard InChI is InChI=1S/C20H16IN3O5/c1-19(2)6-11(25)13-12(7-19)29-16-14(15(26)23-18(28)24-16)20(13)9-5-8(21)3-4-10(9)22-17(20)27/h3-5H,6-7H2,1-2H3,(H,22,27)(H2,23,24,26,28). The van der Waals surface area contributed by atoms with Crippen LogP contribution >= 0.6 is 22.6 Å². The molecule has 2 aromatic rings. The molecule has 5 rings (SSSR count). The smallest absolute Gasteiger partial charge is 0.328 e. The van der Waals surface area contributed by atoms with Gasteiger partial charge in [-0.05, 0) is 46.2 Å². The number of aromatic amines is 2. The molecule has 1 aromatic carbocycles. The van der Waals surface area contributed by atoms with Crippen LogP contribution in [0.1, 0.15) is 37.8 Å². The normalized spacial score (nSPS) is 24.0. The second-order valence-electron chi connectivity index (χ2n) is 8.35. The highest BCUT2D eigenvalue weighted by Crippen LogP contribution is 2.56. The lowest BCUT2D eigenvalue weighted by Gasteiger charge is -2.41. The van der Waals surface area contributed by atoms with Crippen molar-refractivity contribution in [3.8, 4) is 5.88 Å². The van der Waals surface area contributed by atoms with E-state index in [2.05, 4.69) is 37.9 Å². The van der Waals surface area contributed by atoms with Gasteiger partial charge < -0.3 is 10.1 Å². The van der Waals surface area contributed by atoms with Crippen molar-refractivity contribution in [1.29, 1.82) is 0 Å². The molecule has 0 bridgehead atoms. The highest BCUT2D eigenvalue weighted by molar-refractivity contribution is 14.1. The van der Waals surface area contributed by atoms with Crippen LogP contribution in [-0.2, 0) is 15.0 Å². The molecule has 29 heavy (non-hydrogen) atoms. The third-order valence-corrected chi connectivity index (χ3v) is 6.36. The lowest BCUT2D eigenvalue weighted by atomic mass is 9.62. The number of halogens is 1. The average Bonchev–Trinajstić information content (AvgIpc) is 2.85. The monoisotopic (exact) mass is 505 g/mol. The van der Waals surface area contributed by atoms with Crippen LogP contribution in [0.2, 0.25) is 0 Å². The van der Waals surface area contributed by atoms with Crippen LogP contribution in [0.5, 0.6) is 5.88 Å². The molecule has 0 saturated heterocycles. The quantitative estimate of drug-likeness (QED) is 0.473. The second kappa shape index (κ2) is 5.68. The third kappa shape index (κ3) is 2.36. The van der Waals surface area contributed by atoms with E-state index in [1.807, 2.05) is 19.9 Å². The molecule has 0 saturated carbocycles. The zero-order valence-electron chi connectivity index (χ0n) is 15.6. The number of hydrogen-bond donors (Lipinski definition) is 3. The predicted octanol–water partition coefficient (Wildman–Crippen LogP) is 1.94. The minimum atomic E-state index is -1.66. The number of allylic oxidation sites excluding steroid dienone is 1. The summed E-state index contributed by atoms with van der Waals surface area (Å²) in [6.45, 7) is 3.87. The topological polar surface area (TPSA) is 121 Å². The van der Waals surface area contributed by atoms with Gasteiger partial charge in [0.05, 0.1) is 5.57 Å². The minimum Gasteiger partial charge on any atom is -0.444 e. The summed E-state index contributed by atoms with van der Waals surface area (Å²) >= 11 is 2.12. The van der Waals surface area contributed by atoms with Gasteiger partial charge in [-0.3, -0.25) is 24.4 Å². The molecule has 0 fully saturated rings. The number of ether oxygens (including phenoxy) is 1. The summed E-state index contributed by atoms with van der Waals surface area (Å²) in [6, 6.07) is 5.36. The maximum absolute atomic E-state index is 13.5. The van der Waals surface area contributed by atoms with Crippen molar-refractivity contribution in [2.45, 2.75) is 32.1 Å². The first-order valence-electron chi connectivity index (χ1n) is 9.07. The van der Waals surface area contributed by atoms with Gasteiger partial charge in [0.25, 0.3) is 5.56 Å². The number of carbonyl (C=O) groups excluding carboxylic acids is 2. The minimum absolute atomic E-state index is 0.0674. The van der Waals surface area contributed by atoms with E-state index in [9.17, 15) is 19.2 Å². The Labute approximate surface area is 177 Å². The van der Waals surface area contributed by atoms with Gasteiger partial charge in [-0.2, -0.15) is 0 Å². The van der Waals surface area contributed by atoms with Crippen molar-refractivity contribution in [1.82, 2.24) is 9.97 Å². The summed E-state index contributed by atoms with van der Waals surface area (Å²) in [5.41, 5.74) is -2.38. The van der Waals surface area contributed by atoms with E-state index in [1.54, 1.807) is 12.1 Å². The predicted molar refractivity (Wildman–Crippen MR) is 112 cm³/mol. The Morgan fingerprint density at radius 2 is 1.83 bits per heavy atom. The van der Waals surface area contributed by atoms with E-state index in [1.165, 1.54) is 0 Å². The lowest BCUT2D eigenvalue weighted by molar-refractivity contribution is -0.124. The van der Waals surface area contributed by atoms with Gasteiger partial charge in [0, 0.05) is 27.7 Å². The van der Waals surface area contributed by atoms with Crippen molar-refractivity contribution in [3.05, 3.63) is 65.1 Å². The van der Waals surface area contributed by atoms with Crippen molar-refractivity contribution in [2.75, 3.05) is 5.32 Å². The number of carbonyl (C=O) groups is 2. The van der Waals surface area contributed by atoms with E-state index in [0.717, 1.165) is 3.57 Å². The van der Waals surface area contributed by atoms with Crippen LogP contribution in [0.4, 0.5) is 5.69 Å². The van der Waals surface area contributed by atoms with Gasteiger partial charge in [-0.1, -0.05) is 13.8 Å². The number of fused-ring (bicyclic) bond motifs is 5. The zero-order chi connectivity index (χ0) is 20.7. The summed E-state index contributed by atoms with van der Waals surface area (Å²) in [5, 5.41) is 2.81. The first kappa shape index (κ1) is 18.3. The zero-order valence-corrected chi connectivity index (χ0v) is 17.7. The molecule has 1 spiro atoms. The Balaban J connectivity index is 1.96. The Hall–Kier alpha value is -2.69.